The molecule has 0 saturated carbocycles. The van der Waals surface area contributed by atoms with Crippen molar-refractivity contribution in [2.24, 2.45) is 0 Å². The summed E-state index contributed by atoms with van der Waals surface area (Å²) in [4.78, 5) is 11.3. The maximum Gasteiger partial charge on any atom is 0.161 e. The molecule has 16 heavy (non-hydrogen) atoms. The first-order valence-electron chi connectivity index (χ1n) is 6.66. The van der Waals surface area contributed by atoms with Crippen molar-refractivity contribution in [3.8, 4) is 0 Å². The van der Waals surface area contributed by atoms with E-state index in [-0.39, 0.29) is 13.7 Å². The van der Waals surface area contributed by atoms with Crippen molar-refractivity contribution in [1.29, 1.82) is 0 Å². The molecule has 0 fully saturated rings. The molecule has 0 saturated heterocycles. The highest BCUT2D eigenvalue weighted by molar-refractivity contribution is 5.81. The van der Waals surface area contributed by atoms with Crippen molar-refractivity contribution in [1.82, 2.24) is 0 Å². The number of hydrogen-bond acceptors (Lipinski definition) is 6. The fourth-order valence-electron chi connectivity index (χ4n) is 1.28. The molecule has 0 aliphatic heterocycles. The Bertz CT molecular complexity index is 255. The fourth-order valence-corrected chi connectivity index (χ4v) is 1.28. The maximum atomic E-state index is 11.3. The van der Waals surface area contributed by atoms with E-state index in [1.165, 1.54) is 6.92 Å². The Morgan fingerprint density at radius 1 is 1.31 bits per heavy atom. The molecule has 0 heterocycles. The minimum Gasteiger partial charge on any atom is -0.388 e. The number of carbonyl (C=O) groups is 1. The predicted octanol–water partition coefficient (Wildman–Crippen LogP) is -1.03. The monoisotopic (exact) mass is 239 g/mol. The number of rotatable bonds is 8. The second-order valence-electron chi connectivity index (χ2n) is 3.26. The largest absolute Gasteiger partial charge is 0.388 e. The number of ketones is 1. The molecule has 0 spiro atoms. The zero-order valence-corrected chi connectivity index (χ0v) is 9.17. The van der Waals surface area contributed by atoms with Crippen LogP contribution in [0.1, 0.15) is 11.0 Å². The zero-order valence-electron chi connectivity index (χ0n) is 12.2. The van der Waals surface area contributed by atoms with E-state index >= 15 is 0 Å². The van der Waals surface area contributed by atoms with Gasteiger partial charge in [0.1, 0.15) is 24.4 Å². The molecule has 0 unspecified atom stereocenters. The van der Waals surface area contributed by atoms with Gasteiger partial charge >= 0.3 is 0 Å². The lowest BCUT2D eigenvalue weighted by molar-refractivity contribution is -0.155. The number of ether oxygens (including phenoxy) is 3. The molecule has 0 rings (SSSR count). The lowest BCUT2D eigenvalue weighted by Crippen LogP contribution is -2.50. The summed E-state index contributed by atoms with van der Waals surface area (Å²) in [6.07, 6.45) is -5.44. The quantitative estimate of drug-likeness (QED) is 0.563. The molecular formula is C10H20O6. The number of aliphatic hydroxyl groups is 2. The summed E-state index contributed by atoms with van der Waals surface area (Å²) in [5.41, 5.74) is 0. The third kappa shape index (κ3) is 4.15. The van der Waals surface area contributed by atoms with Crippen LogP contribution < -0.4 is 0 Å². The van der Waals surface area contributed by atoms with E-state index in [1.54, 1.807) is 0 Å². The summed E-state index contributed by atoms with van der Waals surface area (Å²) < 4.78 is 35.0. The Morgan fingerprint density at radius 2 is 2.00 bits per heavy atom. The van der Waals surface area contributed by atoms with E-state index in [0.717, 1.165) is 0 Å². The van der Waals surface area contributed by atoms with Gasteiger partial charge in [-0.15, -0.1) is 0 Å². The summed E-state index contributed by atoms with van der Waals surface area (Å²) in [5, 5.41) is 19.7. The van der Waals surface area contributed by atoms with Crippen LogP contribution >= 0.6 is 0 Å². The average Bonchev–Trinajstić information content (AvgIpc) is 2.38. The predicted molar refractivity (Wildman–Crippen MR) is 56.2 cm³/mol. The van der Waals surface area contributed by atoms with Crippen LogP contribution in [0.15, 0.2) is 0 Å². The summed E-state index contributed by atoms with van der Waals surface area (Å²) in [5.74, 6) is -0.521. The molecule has 2 N–H and O–H groups in total. The molecule has 6 heteroatoms. The van der Waals surface area contributed by atoms with Crippen molar-refractivity contribution < 1.29 is 33.3 Å². The molecule has 0 aliphatic rings. The van der Waals surface area contributed by atoms with Crippen molar-refractivity contribution in [2.45, 2.75) is 31.3 Å². The first-order chi connectivity index (χ1) is 8.99. The third-order valence-corrected chi connectivity index (χ3v) is 2.09. The third-order valence-electron chi connectivity index (χ3n) is 2.09. The number of methoxy groups -OCH3 is 3. The Kier molecular flexibility index (Phi) is 5.10. The van der Waals surface area contributed by atoms with E-state index in [1.807, 2.05) is 0 Å². The van der Waals surface area contributed by atoms with Gasteiger partial charge in [0.25, 0.3) is 0 Å². The molecular weight excluding hydrogens is 216 g/mol. The zero-order chi connectivity index (χ0) is 14.8. The van der Waals surface area contributed by atoms with Gasteiger partial charge < -0.3 is 24.4 Å². The van der Waals surface area contributed by atoms with Crippen molar-refractivity contribution in [3.63, 3.8) is 0 Å². The number of hydrogen-bond donors (Lipinski definition) is 2. The molecule has 6 nitrogen and oxygen atoms in total. The number of aliphatic hydroxyl groups excluding tert-OH is 2. The Hall–Kier alpha value is -0.530. The van der Waals surface area contributed by atoms with E-state index in [0.29, 0.717) is 0 Å². The Morgan fingerprint density at radius 3 is 2.50 bits per heavy atom. The highest BCUT2D eigenvalue weighted by Crippen LogP contribution is 2.12. The van der Waals surface area contributed by atoms with Crippen molar-refractivity contribution >= 4 is 5.78 Å². The van der Waals surface area contributed by atoms with Gasteiger partial charge in [0, 0.05) is 21.3 Å². The average molecular weight is 239 g/mol. The van der Waals surface area contributed by atoms with Gasteiger partial charge in [-0.1, -0.05) is 0 Å². The van der Waals surface area contributed by atoms with Crippen molar-refractivity contribution in [3.05, 3.63) is 0 Å². The summed E-state index contributed by atoms with van der Waals surface area (Å²) in [6.45, 7) is 0.894. The molecule has 0 bridgehead atoms. The highest BCUT2D eigenvalue weighted by atomic mass is 16.5. The van der Waals surface area contributed by atoms with Crippen LogP contribution in [0.3, 0.4) is 0 Å². The smallest absolute Gasteiger partial charge is 0.161 e. The number of Topliss-reactive ketones (excluding diaryl/α,β-unsaturated/α-hetero) is 1. The van der Waals surface area contributed by atoms with Gasteiger partial charge in [0.05, 0.1) is 10.7 Å². The second kappa shape index (κ2) is 7.70. The lowest BCUT2D eigenvalue weighted by Gasteiger charge is -2.29. The van der Waals surface area contributed by atoms with Crippen LogP contribution in [-0.2, 0) is 19.0 Å². The van der Waals surface area contributed by atoms with Crippen LogP contribution in [0.2, 0.25) is 0 Å². The molecule has 96 valence electrons. The van der Waals surface area contributed by atoms with Gasteiger partial charge in [-0.25, -0.2) is 0 Å². The minimum atomic E-state index is -1.53. The maximum absolute atomic E-state index is 11.3. The van der Waals surface area contributed by atoms with Gasteiger partial charge in [-0.2, -0.15) is 0 Å². The van der Waals surface area contributed by atoms with Crippen LogP contribution in [0.5, 0.6) is 0 Å². The van der Waals surface area contributed by atoms with E-state index in [2.05, 4.69) is 4.74 Å². The minimum absolute atomic E-state index is 0.281. The molecule has 0 aromatic heterocycles. The highest BCUT2D eigenvalue weighted by Gasteiger charge is 2.35. The first-order valence-corrected chi connectivity index (χ1v) is 4.54. The molecule has 4 atom stereocenters. The summed E-state index contributed by atoms with van der Waals surface area (Å²) in [7, 11) is -1.44. The van der Waals surface area contributed by atoms with Crippen LogP contribution in [0.25, 0.3) is 0 Å². The standard InChI is InChI=1S/C10H20O6/c1-6(11)9(15-3)8(13)10(16-4)7(12)5-14-2/h7-10,12-13H,5H2,1-4H3/t7-,8-,9-,10-/m1/s1/i2D,3D,4D. The molecule has 0 amide bonds. The van der Waals surface area contributed by atoms with Crippen LogP contribution in [0.4, 0.5) is 0 Å². The fraction of sp³-hybridized carbons (Fsp3) is 0.900. The lowest BCUT2D eigenvalue weighted by atomic mass is 10.0. The van der Waals surface area contributed by atoms with Crippen LogP contribution in [-0.4, -0.2) is 68.3 Å². The van der Waals surface area contributed by atoms with E-state index in [9.17, 15) is 15.0 Å². The molecule has 0 aromatic rings. The normalized spacial score (nSPS) is 21.3. The molecule has 0 aromatic carbocycles. The summed E-state index contributed by atoms with van der Waals surface area (Å²) in [6, 6.07) is 0. The Balaban J connectivity index is 4.76. The van der Waals surface area contributed by atoms with E-state index in [4.69, 9.17) is 13.6 Å². The first kappa shape index (κ1) is 10.6. The Labute approximate surface area is 99.3 Å². The second-order valence-corrected chi connectivity index (χ2v) is 3.26. The van der Waals surface area contributed by atoms with Gasteiger partial charge in [0.15, 0.2) is 5.78 Å². The molecule has 0 aliphatic carbocycles. The van der Waals surface area contributed by atoms with Gasteiger partial charge in [0.2, 0.25) is 0 Å². The van der Waals surface area contributed by atoms with Crippen LogP contribution in [0, 0.1) is 0 Å². The number of carbonyl (C=O) groups excluding carboxylic acids is 1. The van der Waals surface area contributed by atoms with Gasteiger partial charge in [-0.05, 0) is 6.92 Å². The topological polar surface area (TPSA) is 85.2 Å². The van der Waals surface area contributed by atoms with E-state index < -0.39 is 44.4 Å². The van der Waals surface area contributed by atoms with Gasteiger partial charge in [-0.3, -0.25) is 4.79 Å². The molecule has 0 radical (unpaired) electrons. The summed E-state index contributed by atoms with van der Waals surface area (Å²) >= 11 is 0. The SMILES string of the molecule is [2H]COC[C@@H](O)[C@@H](OC[2H])[C@H](O)[C@H](OC[2H])C(C)=O. The van der Waals surface area contributed by atoms with Crippen molar-refractivity contribution in [2.75, 3.05) is 27.9 Å².